The topological polar surface area (TPSA) is 89.3 Å². The Morgan fingerprint density at radius 2 is 2.25 bits per heavy atom. The molecule has 0 spiro atoms. The van der Waals surface area contributed by atoms with Crippen LogP contribution in [0.25, 0.3) is 11.1 Å². The molecule has 16 heavy (non-hydrogen) atoms. The summed E-state index contributed by atoms with van der Waals surface area (Å²) in [5, 5.41) is 12.4. The molecular formula is C11H10N2O3. The van der Waals surface area contributed by atoms with E-state index in [1.807, 2.05) is 25.1 Å². The second kappa shape index (κ2) is 3.69. The second-order valence-corrected chi connectivity index (χ2v) is 3.45. The zero-order chi connectivity index (χ0) is 11.7. The molecule has 0 aliphatic rings. The molecule has 3 N–H and O–H groups in total. The Balaban J connectivity index is 2.63. The van der Waals surface area contributed by atoms with Crippen LogP contribution in [0.5, 0.6) is 0 Å². The largest absolute Gasteiger partial charge is 0.476 e. The lowest BCUT2D eigenvalue weighted by atomic mass is 10.0. The molecule has 0 bridgehead atoms. The summed E-state index contributed by atoms with van der Waals surface area (Å²) in [6.07, 6.45) is 0. The van der Waals surface area contributed by atoms with E-state index in [-0.39, 0.29) is 11.6 Å². The fourth-order valence-corrected chi connectivity index (χ4v) is 1.53. The van der Waals surface area contributed by atoms with Crippen molar-refractivity contribution in [1.82, 2.24) is 5.16 Å². The van der Waals surface area contributed by atoms with Gasteiger partial charge in [0.15, 0.2) is 0 Å². The third-order valence-electron chi connectivity index (χ3n) is 2.23. The lowest BCUT2D eigenvalue weighted by molar-refractivity contribution is 0.0686. The van der Waals surface area contributed by atoms with Gasteiger partial charge in [-0.1, -0.05) is 35.0 Å². The van der Waals surface area contributed by atoms with Gasteiger partial charge in [-0.2, -0.15) is 0 Å². The highest BCUT2D eigenvalue weighted by molar-refractivity contribution is 5.96. The normalized spacial score (nSPS) is 10.3. The monoisotopic (exact) mass is 218 g/mol. The first-order valence-electron chi connectivity index (χ1n) is 4.65. The van der Waals surface area contributed by atoms with Crippen LogP contribution in [0.2, 0.25) is 0 Å². The van der Waals surface area contributed by atoms with E-state index in [9.17, 15) is 4.79 Å². The van der Waals surface area contributed by atoms with E-state index in [2.05, 4.69) is 5.16 Å². The van der Waals surface area contributed by atoms with Gasteiger partial charge >= 0.3 is 5.97 Å². The lowest BCUT2D eigenvalue weighted by Gasteiger charge is -2.00. The van der Waals surface area contributed by atoms with E-state index in [4.69, 9.17) is 15.4 Å². The van der Waals surface area contributed by atoms with Crippen LogP contribution in [0.15, 0.2) is 28.8 Å². The molecule has 2 rings (SSSR count). The molecule has 0 unspecified atom stereocenters. The quantitative estimate of drug-likeness (QED) is 0.803. The van der Waals surface area contributed by atoms with Crippen LogP contribution in [-0.2, 0) is 0 Å². The SMILES string of the molecule is Cc1cccc(-c2c(C(=O)O)noc2N)c1. The highest BCUT2D eigenvalue weighted by Crippen LogP contribution is 2.29. The molecule has 0 saturated heterocycles. The Morgan fingerprint density at radius 3 is 2.88 bits per heavy atom. The highest BCUT2D eigenvalue weighted by Gasteiger charge is 2.21. The number of anilines is 1. The van der Waals surface area contributed by atoms with Crippen molar-refractivity contribution < 1.29 is 14.4 Å². The van der Waals surface area contributed by atoms with Crippen LogP contribution in [0.3, 0.4) is 0 Å². The Morgan fingerprint density at radius 1 is 1.50 bits per heavy atom. The number of aryl methyl sites for hydroxylation is 1. The number of rotatable bonds is 2. The third kappa shape index (κ3) is 1.63. The number of hydrogen-bond donors (Lipinski definition) is 2. The van der Waals surface area contributed by atoms with Crippen LogP contribution in [0.4, 0.5) is 5.88 Å². The van der Waals surface area contributed by atoms with E-state index >= 15 is 0 Å². The molecule has 1 aromatic heterocycles. The molecule has 5 heteroatoms. The minimum absolute atomic E-state index is 0.0167. The summed E-state index contributed by atoms with van der Waals surface area (Å²) in [4.78, 5) is 10.9. The highest BCUT2D eigenvalue weighted by atomic mass is 16.5. The van der Waals surface area contributed by atoms with Gasteiger partial charge in [-0.05, 0) is 12.5 Å². The van der Waals surface area contributed by atoms with E-state index in [0.717, 1.165) is 5.56 Å². The molecule has 0 fully saturated rings. The van der Waals surface area contributed by atoms with Gasteiger partial charge in [0.25, 0.3) is 0 Å². The Labute approximate surface area is 91.5 Å². The molecule has 5 nitrogen and oxygen atoms in total. The van der Waals surface area contributed by atoms with Crippen molar-refractivity contribution >= 4 is 11.9 Å². The first-order valence-corrected chi connectivity index (χ1v) is 4.65. The fraction of sp³-hybridized carbons (Fsp3) is 0.0909. The number of nitrogen functional groups attached to an aromatic ring is 1. The molecule has 0 atom stereocenters. The number of aromatic nitrogens is 1. The van der Waals surface area contributed by atoms with Crippen molar-refractivity contribution in [2.75, 3.05) is 5.73 Å². The molecule has 0 aliphatic heterocycles. The van der Waals surface area contributed by atoms with E-state index in [1.165, 1.54) is 0 Å². The molecule has 1 heterocycles. The molecule has 0 saturated carbocycles. The van der Waals surface area contributed by atoms with Gasteiger partial charge in [0.2, 0.25) is 11.6 Å². The van der Waals surface area contributed by atoms with Crippen molar-refractivity contribution in [3.63, 3.8) is 0 Å². The summed E-state index contributed by atoms with van der Waals surface area (Å²) >= 11 is 0. The third-order valence-corrected chi connectivity index (χ3v) is 2.23. The molecule has 0 radical (unpaired) electrons. The summed E-state index contributed by atoms with van der Waals surface area (Å²) in [5.41, 5.74) is 7.43. The van der Waals surface area contributed by atoms with E-state index in [1.54, 1.807) is 6.07 Å². The van der Waals surface area contributed by atoms with Crippen LogP contribution < -0.4 is 5.73 Å². The van der Waals surface area contributed by atoms with Gasteiger partial charge in [0, 0.05) is 0 Å². The Bertz CT molecular complexity index is 546. The van der Waals surface area contributed by atoms with E-state index in [0.29, 0.717) is 11.1 Å². The maximum atomic E-state index is 10.9. The number of carboxylic acids is 1. The van der Waals surface area contributed by atoms with Gasteiger partial charge in [0.05, 0.1) is 5.56 Å². The first-order chi connectivity index (χ1) is 7.59. The van der Waals surface area contributed by atoms with Crippen molar-refractivity contribution in [3.05, 3.63) is 35.5 Å². The van der Waals surface area contributed by atoms with E-state index < -0.39 is 5.97 Å². The number of benzene rings is 1. The smallest absolute Gasteiger partial charge is 0.358 e. The minimum atomic E-state index is -1.16. The predicted molar refractivity (Wildman–Crippen MR) is 58.0 cm³/mol. The van der Waals surface area contributed by atoms with Gasteiger partial charge in [-0.3, -0.25) is 0 Å². The number of hydrogen-bond acceptors (Lipinski definition) is 4. The fourth-order valence-electron chi connectivity index (χ4n) is 1.53. The van der Waals surface area contributed by atoms with Crippen LogP contribution in [0, 0.1) is 6.92 Å². The standard InChI is InChI=1S/C11H10N2O3/c1-6-3-2-4-7(5-6)8-9(11(14)15)13-16-10(8)12/h2-5H,12H2,1H3,(H,14,15). The average Bonchev–Trinajstić information content (AvgIpc) is 2.60. The van der Waals surface area contributed by atoms with Crippen LogP contribution >= 0.6 is 0 Å². The first kappa shape index (κ1) is 10.2. The van der Waals surface area contributed by atoms with Crippen molar-refractivity contribution in [3.8, 4) is 11.1 Å². The summed E-state index contributed by atoms with van der Waals surface area (Å²) < 4.78 is 4.70. The zero-order valence-corrected chi connectivity index (χ0v) is 8.60. The Kier molecular flexibility index (Phi) is 2.36. The Hall–Kier alpha value is -2.30. The molecule has 0 amide bonds. The maximum Gasteiger partial charge on any atom is 0.358 e. The lowest BCUT2D eigenvalue weighted by Crippen LogP contribution is -1.99. The second-order valence-electron chi connectivity index (χ2n) is 3.45. The van der Waals surface area contributed by atoms with Crippen LogP contribution in [-0.4, -0.2) is 16.2 Å². The van der Waals surface area contributed by atoms with Crippen molar-refractivity contribution in [2.45, 2.75) is 6.92 Å². The molecule has 82 valence electrons. The van der Waals surface area contributed by atoms with Crippen LogP contribution in [0.1, 0.15) is 16.1 Å². The number of nitrogens with two attached hydrogens (primary N) is 1. The average molecular weight is 218 g/mol. The molecule has 0 aliphatic carbocycles. The number of carbonyl (C=O) groups is 1. The molecule has 2 aromatic rings. The summed E-state index contributed by atoms with van der Waals surface area (Å²) in [6.45, 7) is 1.91. The molecular weight excluding hydrogens is 208 g/mol. The van der Waals surface area contributed by atoms with Crippen molar-refractivity contribution in [2.24, 2.45) is 0 Å². The van der Waals surface area contributed by atoms with Crippen molar-refractivity contribution in [1.29, 1.82) is 0 Å². The zero-order valence-electron chi connectivity index (χ0n) is 8.60. The number of nitrogens with zero attached hydrogens (tertiary/aromatic N) is 1. The summed E-state index contributed by atoms with van der Waals surface area (Å²) in [5.74, 6) is -1.14. The predicted octanol–water partition coefficient (Wildman–Crippen LogP) is 1.93. The number of aromatic carboxylic acids is 1. The molecule has 1 aromatic carbocycles. The van der Waals surface area contributed by atoms with Gasteiger partial charge in [-0.15, -0.1) is 0 Å². The minimum Gasteiger partial charge on any atom is -0.476 e. The van der Waals surface area contributed by atoms with Gasteiger partial charge < -0.3 is 15.4 Å². The summed E-state index contributed by atoms with van der Waals surface area (Å²) in [6, 6.07) is 7.33. The van der Waals surface area contributed by atoms with Gasteiger partial charge in [0.1, 0.15) is 0 Å². The maximum absolute atomic E-state index is 10.9. The summed E-state index contributed by atoms with van der Waals surface area (Å²) in [7, 11) is 0. The number of carboxylic acid groups (broad SMARTS) is 1. The van der Waals surface area contributed by atoms with Gasteiger partial charge in [-0.25, -0.2) is 4.79 Å².